The van der Waals surface area contributed by atoms with E-state index < -0.39 is 0 Å². The van der Waals surface area contributed by atoms with Gasteiger partial charge in [0.05, 0.1) is 35.8 Å². The van der Waals surface area contributed by atoms with E-state index in [0.29, 0.717) is 0 Å². The van der Waals surface area contributed by atoms with E-state index in [1.165, 1.54) is 0 Å². The van der Waals surface area contributed by atoms with Crippen LogP contribution in [-0.2, 0) is 13.6 Å². The Morgan fingerprint density at radius 2 is 2.22 bits per heavy atom. The Labute approximate surface area is 105 Å². The summed E-state index contributed by atoms with van der Waals surface area (Å²) in [4.78, 5) is 11.8. The highest BCUT2D eigenvalue weighted by atomic mass is 15.1. The minimum atomic E-state index is 0.767. The van der Waals surface area contributed by atoms with Crippen molar-refractivity contribution in [2.24, 2.45) is 7.05 Å². The summed E-state index contributed by atoms with van der Waals surface area (Å²) < 4.78 is 2.11. The summed E-state index contributed by atoms with van der Waals surface area (Å²) in [5, 5.41) is 3.12. The zero-order valence-corrected chi connectivity index (χ0v) is 10.4. The Morgan fingerprint density at radius 1 is 1.33 bits per heavy atom. The molecule has 5 nitrogen and oxygen atoms in total. The topological polar surface area (TPSA) is 58.5 Å². The Morgan fingerprint density at radius 3 is 3.06 bits per heavy atom. The Balaban J connectivity index is 2.07. The van der Waals surface area contributed by atoms with Crippen LogP contribution in [0.4, 0.5) is 0 Å². The first kappa shape index (κ1) is 11.0. The maximum Gasteiger partial charge on any atom is 0.122 e. The van der Waals surface area contributed by atoms with E-state index in [2.05, 4.69) is 37.0 Å². The SMILES string of the molecule is CNCc1ncc(-c2ccc3nc[nH]c3c2)n1C. The number of rotatable bonds is 3. The van der Waals surface area contributed by atoms with Crippen LogP contribution < -0.4 is 5.32 Å². The van der Waals surface area contributed by atoms with Crippen molar-refractivity contribution in [3.05, 3.63) is 36.5 Å². The van der Waals surface area contributed by atoms with Gasteiger partial charge in [-0.05, 0) is 19.2 Å². The molecule has 2 aromatic heterocycles. The second-order valence-corrected chi connectivity index (χ2v) is 4.28. The molecule has 92 valence electrons. The highest BCUT2D eigenvalue weighted by Gasteiger charge is 2.08. The predicted molar refractivity (Wildman–Crippen MR) is 71.1 cm³/mol. The second-order valence-electron chi connectivity index (χ2n) is 4.28. The molecule has 0 atom stereocenters. The first-order valence-corrected chi connectivity index (χ1v) is 5.88. The Bertz CT molecular complexity index is 680. The monoisotopic (exact) mass is 241 g/mol. The van der Waals surface area contributed by atoms with E-state index in [9.17, 15) is 0 Å². The van der Waals surface area contributed by atoms with Gasteiger partial charge in [-0.1, -0.05) is 6.07 Å². The minimum absolute atomic E-state index is 0.767. The molecule has 2 heterocycles. The molecule has 0 aliphatic rings. The van der Waals surface area contributed by atoms with Gasteiger partial charge in [-0.25, -0.2) is 9.97 Å². The third-order valence-corrected chi connectivity index (χ3v) is 3.14. The molecule has 0 unspecified atom stereocenters. The number of hydrogen-bond donors (Lipinski definition) is 2. The lowest BCUT2D eigenvalue weighted by atomic mass is 10.1. The number of H-pyrrole nitrogens is 1. The molecule has 0 spiro atoms. The average Bonchev–Trinajstić information content (AvgIpc) is 2.97. The first-order valence-electron chi connectivity index (χ1n) is 5.88. The van der Waals surface area contributed by atoms with E-state index in [0.717, 1.165) is 34.7 Å². The minimum Gasteiger partial charge on any atom is -0.345 e. The predicted octanol–water partition coefficient (Wildman–Crippen LogP) is 1.68. The molecule has 0 saturated heterocycles. The van der Waals surface area contributed by atoms with E-state index in [1.54, 1.807) is 6.33 Å². The van der Waals surface area contributed by atoms with Crippen molar-refractivity contribution in [1.82, 2.24) is 24.8 Å². The molecule has 0 aliphatic heterocycles. The van der Waals surface area contributed by atoms with Gasteiger partial charge in [0, 0.05) is 12.6 Å². The van der Waals surface area contributed by atoms with Crippen LogP contribution in [0.2, 0.25) is 0 Å². The summed E-state index contributed by atoms with van der Waals surface area (Å²) in [6, 6.07) is 6.19. The standard InChI is InChI=1S/C13H15N5/c1-14-7-13-15-6-12(18(13)2)9-3-4-10-11(5-9)17-8-16-10/h3-6,8,14H,7H2,1-2H3,(H,16,17). The number of nitrogens with zero attached hydrogens (tertiary/aromatic N) is 3. The molecule has 0 saturated carbocycles. The number of benzene rings is 1. The highest BCUT2D eigenvalue weighted by molar-refractivity contribution is 5.80. The summed E-state index contributed by atoms with van der Waals surface area (Å²) in [5.41, 5.74) is 4.28. The summed E-state index contributed by atoms with van der Waals surface area (Å²) in [6.07, 6.45) is 3.62. The maximum absolute atomic E-state index is 4.42. The fraction of sp³-hybridized carbons (Fsp3) is 0.231. The largest absolute Gasteiger partial charge is 0.345 e. The van der Waals surface area contributed by atoms with Crippen molar-refractivity contribution in [1.29, 1.82) is 0 Å². The van der Waals surface area contributed by atoms with E-state index >= 15 is 0 Å². The van der Waals surface area contributed by atoms with Crippen LogP contribution in [0.15, 0.2) is 30.7 Å². The second kappa shape index (κ2) is 4.27. The van der Waals surface area contributed by atoms with Crippen LogP contribution in [0.5, 0.6) is 0 Å². The Kier molecular flexibility index (Phi) is 2.60. The van der Waals surface area contributed by atoms with Crippen LogP contribution in [-0.4, -0.2) is 26.6 Å². The Hall–Kier alpha value is -2.14. The van der Waals surface area contributed by atoms with Gasteiger partial charge in [-0.3, -0.25) is 0 Å². The molecular weight excluding hydrogens is 226 g/mol. The summed E-state index contributed by atoms with van der Waals surface area (Å²) >= 11 is 0. The lowest BCUT2D eigenvalue weighted by molar-refractivity contribution is 0.712. The van der Waals surface area contributed by atoms with Crippen molar-refractivity contribution in [3.63, 3.8) is 0 Å². The highest BCUT2D eigenvalue weighted by Crippen LogP contribution is 2.23. The van der Waals surface area contributed by atoms with Crippen LogP contribution in [0, 0.1) is 0 Å². The lowest BCUT2D eigenvalue weighted by Crippen LogP contribution is -2.10. The normalized spacial score (nSPS) is 11.2. The van der Waals surface area contributed by atoms with Crippen molar-refractivity contribution < 1.29 is 0 Å². The number of fused-ring (bicyclic) bond motifs is 1. The van der Waals surface area contributed by atoms with Gasteiger partial charge in [0.25, 0.3) is 0 Å². The number of aromatic nitrogens is 4. The van der Waals surface area contributed by atoms with E-state index in [1.807, 2.05) is 26.4 Å². The summed E-state index contributed by atoms with van der Waals surface area (Å²) in [5.74, 6) is 1.03. The van der Waals surface area contributed by atoms with Crippen LogP contribution in [0.3, 0.4) is 0 Å². The number of imidazole rings is 2. The fourth-order valence-corrected chi connectivity index (χ4v) is 2.13. The smallest absolute Gasteiger partial charge is 0.122 e. The summed E-state index contributed by atoms with van der Waals surface area (Å²) in [6.45, 7) is 0.767. The molecular formula is C13H15N5. The van der Waals surface area contributed by atoms with Gasteiger partial charge in [0.15, 0.2) is 0 Å². The van der Waals surface area contributed by atoms with Gasteiger partial charge in [0.2, 0.25) is 0 Å². The van der Waals surface area contributed by atoms with Crippen molar-refractivity contribution in [2.45, 2.75) is 6.54 Å². The fourth-order valence-electron chi connectivity index (χ4n) is 2.13. The molecule has 2 N–H and O–H groups in total. The van der Waals surface area contributed by atoms with Crippen molar-refractivity contribution in [3.8, 4) is 11.3 Å². The molecule has 0 radical (unpaired) electrons. The first-order chi connectivity index (χ1) is 8.79. The molecule has 0 bridgehead atoms. The molecule has 18 heavy (non-hydrogen) atoms. The third-order valence-electron chi connectivity index (χ3n) is 3.14. The van der Waals surface area contributed by atoms with Gasteiger partial charge in [0.1, 0.15) is 5.82 Å². The maximum atomic E-state index is 4.42. The molecule has 3 rings (SSSR count). The molecule has 3 aromatic rings. The van der Waals surface area contributed by atoms with Gasteiger partial charge < -0.3 is 14.9 Å². The van der Waals surface area contributed by atoms with Gasteiger partial charge in [-0.15, -0.1) is 0 Å². The molecule has 0 fully saturated rings. The summed E-state index contributed by atoms with van der Waals surface area (Å²) in [7, 11) is 3.96. The van der Waals surface area contributed by atoms with Gasteiger partial charge >= 0.3 is 0 Å². The third kappa shape index (κ3) is 1.69. The zero-order valence-electron chi connectivity index (χ0n) is 10.4. The number of aromatic amines is 1. The molecule has 0 amide bonds. The molecule has 5 heteroatoms. The molecule has 1 aromatic carbocycles. The van der Waals surface area contributed by atoms with Crippen LogP contribution >= 0.6 is 0 Å². The average molecular weight is 241 g/mol. The quantitative estimate of drug-likeness (QED) is 0.733. The van der Waals surface area contributed by atoms with Gasteiger partial charge in [-0.2, -0.15) is 0 Å². The zero-order chi connectivity index (χ0) is 12.5. The van der Waals surface area contributed by atoms with E-state index in [-0.39, 0.29) is 0 Å². The number of nitrogens with one attached hydrogen (secondary N) is 2. The number of hydrogen-bond acceptors (Lipinski definition) is 3. The van der Waals surface area contributed by atoms with Crippen LogP contribution in [0.25, 0.3) is 22.3 Å². The van der Waals surface area contributed by atoms with Crippen molar-refractivity contribution >= 4 is 11.0 Å². The van der Waals surface area contributed by atoms with Crippen molar-refractivity contribution in [2.75, 3.05) is 7.05 Å². The molecule has 0 aliphatic carbocycles. The lowest BCUT2D eigenvalue weighted by Gasteiger charge is -2.05. The van der Waals surface area contributed by atoms with Crippen LogP contribution in [0.1, 0.15) is 5.82 Å². The van der Waals surface area contributed by atoms with E-state index in [4.69, 9.17) is 0 Å².